The second-order valence-corrected chi connectivity index (χ2v) is 4.30. The van der Waals surface area contributed by atoms with Gasteiger partial charge >= 0.3 is 0 Å². The molecule has 0 aliphatic heterocycles. The molecule has 0 radical (unpaired) electrons. The minimum Gasteiger partial charge on any atom is -0.394 e. The maximum atomic E-state index is 8.57. The zero-order chi connectivity index (χ0) is 14.5. The molecule has 19 heavy (non-hydrogen) atoms. The minimum absolute atomic E-state index is 0.0425. The number of aliphatic hydroxyl groups excluding tert-OH is 1. The quantitative estimate of drug-likeness (QED) is 0.408. The first-order valence-electron chi connectivity index (χ1n) is 6.55. The van der Waals surface area contributed by atoms with E-state index in [1.54, 1.807) is 0 Å². The SMILES string of the molecule is C=CCN(CC=C)C(COCCOCCO)C(=C)C. The van der Waals surface area contributed by atoms with Crippen molar-refractivity contribution in [2.75, 3.05) is 46.1 Å². The largest absolute Gasteiger partial charge is 0.394 e. The van der Waals surface area contributed by atoms with Crippen molar-refractivity contribution in [2.24, 2.45) is 0 Å². The van der Waals surface area contributed by atoms with Crippen LogP contribution in [0, 0.1) is 0 Å². The molecule has 0 saturated carbocycles. The van der Waals surface area contributed by atoms with Gasteiger partial charge in [0.15, 0.2) is 0 Å². The van der Waals surface area contributed by atoms with Crippen molar-refractivity contribution in [1.82, 2.24) is 4.90 Å². The normalized spacial score (nSPS) is 12.4. The van der Waals surface area contributed by atoms with Crippen LogP contribution >= 0.6 is 0 Å². The molecule has 0 aliphatic rings. The molecule has 0 aromatic rings. The van der Waals surface area contributed by atoms with Gasteiger partial charge in [0.1, 0.15) is 0 Å². The number of nitrogens with zero attached hydrogens (tertiary/aromatic N) is 1. The maximum absolute atomic E-state index is 8.57. The number of hydrogen-bond acceptors (Lipinski definition) is 4. The first kappa shape index (κ1) is 18.1. The van der Waals surface area contributed by atoms with Crippen LogP contribution in [0.5, 0.6) is 0 Å². The van der Waals surface area contributed by atoms with Crippen molar-refractivity contribution >= 4 is 0 Å². The second-order valence-electron chi connectivity index (χ2n) is 4.30. The van der Waals surface area contributed by atoms with Gasteiger partial charge in [0.05, 0.1) is 39.1 Å². The molecule has 0 amide bonds. The van der Waals surface area contributed by atoms with Gasteiger partial charge in [0, 0.05) is 13.1 Å². The highest BCUT2D eigenvalue weighted by molar-refractivity contribution is 5.04. The molecular formula is C15H27NO3. The summed E-state index contributed by atoms with van der Waals surface area (Å²) >= 11 is 0. The van der Waals surface area contributed by atoms with Gasteiger partial charge in [0.2, 0.25) is 0 Å². The smallest absolute Gasteiger partial charge is 0.0701 e. The van der Waals surface area contributed by atoms with Crippen LogP contribution in [0.2, 0.25) is 0 Å². The molecule has 0 aromatic heterocycles. The number of aliphatic hydroxyl groups is 1. The Balaban J connectivity index is 4.11. The van der Waals surface area contributed by atoms with Crippen LogP contribution in [0.25, 0.3) is 0 Å². The van der Waals surface area contributed by atoms with E-state index in [0.29, 0.717) is 26.4 Å². The predicted octanol–water partition coefficient (Wildman–Crippen LogP) is 1.63. The molecule has 1 atom stereocenters. The minimum atomic E-state index is 0.0425. The van der Waals surface area contributed by atoms with Gasteiger partial charge in [-0.3, -0.25) is 4.90 Å². The van der Waals surface area contributed by atoms with Gasteiger partial charge in [-0.1, -0.05) is 24.3 Å². The third-order valence-electron chi connectivity index (χ3n) is 2.62. The lowest BCUT2D eigenvalue weighted by Crippen LogP contribution is -2.39. The molecule has 0 heterocycles. The van der Waals surface area contributed by atoms with Crippen LogP contribution in [0.4, 0.5) is 0 Å². The Bertz CT molecular complexity index is 256. The van der Waals surface area contributed by atoms with Crippen LogP contribution in [0.1, 0.15) is 6.92 Å². The molecule has 0 saturated heterocycles. The second kappa shape index (κ2) is 12.1. The molecule has 0 spiro atoms. The molecule has 4 nitrogen and oxygen atoms in total. The topological polar surface area (TPSA) is 41.9 Å². The standard InChI is InChI=1S/C15H27NO3/c1-5-7-16(8-6-2)15(14(3)4)13-19-12-11-18-10-9-17/h5-6,15,17H,1-3,7-13H2,4H3. The zero-order valence-corrected chi connectivity index (χ0v) is 12.0. The van der Waals surface area contributed by atoms with Crippen molar-refractivity contribution in [3.8, 4) is 0 Å². The van der Waals surface area contributed by atoms with Crippen molar-refractivity contribution in [1.29, 1.82) is 0 Å². The van der Waals surface area contributed by atoms with Crippen molar-refractivity contribution in [3.05, 3.63) is 37.5 Å². The summed E-state index contributed by atoms with van der Waals surface area (Å²) in [6.07, 6.45) is 3.73. The summed E-state index contributed by atoms with van der Waals surface area (Å²) in [4.78, 5) is 2.21. The van der Waals surface area contributed by atoms with Gasteiger partial charge in [-0.2, -0.15) is 0 Å². The number of hydrogen-bond donors (Lipinski definition) is 1. The first-order chi connectivity index (χ1) is 9.17. The fraction of sp³-hybridized carbons (Fsp3) is 0.600. The van der Waals surface area contributed by atoms with E-state index in [-0.39, 0.29) is 12.6 Å². The van der Waals surface area contributed by atoms with Crippen LogP contribution in [0.15, 0.2) is 37.5 Å². The monoisotopic (exact) mass is 269 g/mol. The highest BCUT2D eigenvalue weighted by Gasteiger charge is 2.17. The number of rotatable bonds is 13. The zero-order valence-electron chi connectivity index (χ0n) is 12.0. The van der Waals surface area contributed by atoms with Gasteiger partial charge in [-0.05, 0) is 6.92 Å². The fourth-order valence-electron chi connectivity index (χ4n) is 1.70. The Morgan fingerprint density at radius 3 is 2.21 bits per heavy atom. The van der Waals surface area contributed by atoms with E-state index >= 15 is 0 Å². The van der Waals surface area contributed by atoms with Crippen molar-refractivity contribution in [3.63, 3.8) is 0 Å². The summed E-state index contributed by atoms with van der Waals surface area (Å²) in [5, 5.41) is 8.57. The summed E-state index contributed by atoms with van der Waals surface area (Å²) < 4.78 is 10.7. The van der Waals surface area contributed by atoms with Crippen molar-refractivity contribution < 1.29 is 14.6 Å². The average Bonchev–Trinajstić information content (AvgIpc) is 2.37. The van der Waals surface area contributed by atoms with E-state index in [1.165, 1.54) is 0 Å². The molecule has 0 bridgehead atoms. The van der Waals surface area contributed by atoms with E-state index in [4.69, 9.17) is 14.6 Å². The Labute approximate surface area is 117 Å². The molecule has 0 rings (SSSR count). The van der Waals surface area contributed by atoms with E-state index < -0.39 is 0 Å². The Hall–Kier alpha value is -0.940. The molecule has 110 valence electrons. The highest BCUT2D eigenvalue weighted by Crippen LogP contribution is 2.09. The van der Waals surface area contributed by atoms with Crippen LogP contribution in [-0.4, -0.2) is 62.2 Å². The summed E-state index contributed by atoms with van der Waals surface area (Å²) in [7, 11) is 0. The summed E-state index contributed by atoms with van der Waals surface area (Å²) in [5.74, 6) is 0. The molecule has 4 heteroatoms. The molecule has 1 N–H and O–H groups in total. The molecule has 0 fully saturated rings. The van der Waals surface area contributed by atoms with E-state index in [1.807, 2.05) is 19.1 Å². The van der Waals surface area contributed by atoms with Gasteiger partial charge < -0.3 is 14.6 Å². The third-order valence-corrected chi connectivity index (χ3v) is 2.62. The van der Waals surface area contributed by atoms with Crippen LogP contribution < -0.4 is 0 Å². The lowest BCUT2D eigenvalue weighted by Gasteiger charge is -2.30. The lowest BCUT2D eigenvalue weighted by atomic mass is 10.1. The van der Waals surface area contributed by atoms with Crippen LogP contribution in [-0.2, 0) is 9.47 Å². The molecular weight excluding hydrogens is 242 g/mol. The average molecular weight is 269 g/mol. The summed E-state index contributed by atoms with van der Waals surface area (Å²) in [6.45, 7) is 17.1. The summed E-state index contributed by atoms with van der Waals surface area (Å²) in [5.41, 5.74) is 1.06. The Morgan fingerprint density at radius 1 is 1.16 bits per heavy atom. The van der Waals surface area contributed by atoms with Gasteiger partial charge in [-0.25, -0.2) is 0 Å². The lowest BCUT2D eigenvalue weighted by molar-refractivity contribution is 0.0184. The fourth-order valence-corrected chi connectivity index (χ4v) is 1.70. The first-order valence-corrected chi connectivity index (χ1v) is 6.55. The van der Waals surface area contributed by atoms with Crippen molar-refractivity contribution in [2.45, 2.75) is 13.0 Å². The van der Waals surface area contributed by atoms with E-state index in [9.17, 15) is 0 Å². The maximum Gasteiger partial charge on any atom is 0.0701 e. The highest BCUT2D eigenvalue weighted by atomic mass is 16.5. The number of ether oxygens (including phenoxy) is 2. The predicted molar refractivity (Wildman–Crippen MR) is 79.3 cm³/mol. The Morgan fingerprint density at radius 2 is 1.74 bits per heavy atom. The van der Waals surface area contributed by atoms with Gasteiger partial charge in [-0.15, -0.1) is 13.2 Å². The molecule has 0 aliphatic carbocycles. The van der Waals surface area contributed by atoms with E-state index in [0.717, 1.165) is 18.7 Å². The van der Waals surface area contributed by atoms with E-state index in [2.05, 4.69) is 24.6 Å². The molecule has 1 unspecified atom stereocenters. The molecule has 0 aromatic carbocycles. The van der Waals surface area contributed by atoms with Gasteiger partial charge in [0.25, 0.3) is 0 Å². The third kappa shape index (κ3) is 8.72. The Kier molecular flexibility index (Phi) is 11.5. The summed E-state index contributed by atoms with van der Waals surface area (Å²) in [6, 6.07) is 0.147. The van der Waals surface area contributed by atoms with Crippen LogP contribution in [0.3, 0.4) is 0 Å².